The standard InChI is InChI=1S/C29H39NO4/c1-3-4-10-20(2)24(31)16-15-22-25(32)19-26-28(22)23-13-8-11-21(29(23)34-26)12-9-14-27(33)30-17-6-5-7-18-30/h8,11,13,15-16,20,22,24-26,28,31-32H,5-7,9-10,12,14,17-19H2,1-2H3/b16-15+/t20-,22-,24+,25+,26-,28-/m0/s1. The Labute approximate surface area is 204 Å². The van der Waals surface area contributed by atoms with Gasteiger partial charge in [-0.1, -0.05) is 37.3 Å². The second-order valence-electron chi connectivity index (χ2n) is 10.2. The molecule has 1 aromatic rings. The van der Waals surface area contributed by atoms with Gasteiger partial charge >= 0.3 is 0 Å². The van der Waals surface area contributed by atoms with Crippen molar-refractivity contribution in [2.45, 2.75) is 89.4 Å². The van der Waals surface area contributed by atoms with Crippen molar-refractivity contribution < 1.29 is 19.7 Å². The minimum absolute atomic E-state index is 0.0451. The number of carbonyl (C=O) groups excluding carboxylic acids is 1. The van der Waals surface area contributed by atoms with Gasteiger partial charge in [-0.05, 0) is 50.5 Å². The molecule has 1 amide bonds. The summed E-state index contributed by atoms with van der Waals surface area (Å²) in [4.78, 5) is 14.5. The van der Waals surface area contributed by atoms with E-state index in [1.165, 1.54) is 6.42 Å². The largest absolute Gasteiger partial charge is 0.489 e. The molecule has 5 nitrogen and oxygen atoms in total. The molecule has 34 heavy (non-hydrogen) atoms. The van der Waals surface area contributed by atoms with E-state index in [4.69, 9.17) is 4.74 Å². The summed E-state index contributed by atoms with van der Waals surface area (Å²) in [5, 5.41) is 21.2. The number of para-hydroxylation sites is 1. The molecule has 3 aliphatic rings. The fraction of sp³-hybridized carbons (Fsp3) is 0.621. The van der Waals surface area contributed by atoms with Crippen LogP contribution in [0.25, 0.3) is 0 Å². The number of hydrogen-bond acceptors (Lipinski definition) is 4. The Balaban J connectivity index is 1.40. The number of benzene rings is 1. The summed E-state index contributed by atoms with van der Waals surface area (Å²) in [5.41, 5.74) is 2.30. The van der Waals surface area contributed by atoms with Gasteiger partial charge in [-0.2, -0.15) is 0 Å². The van der Waals surface area contributed by atoms with E-state index in [9.17, 15) is 15.0 Å². The number of likely N-dealkylation sites (tertiary alicyclic amines) is 1. The van der Waals surface area contributed by atoms with E-state index < -0.39 is 12.2 Å². The summed E-state index contributed by atoms with van der Waals surface area (Å²) in [5.74, 6) is 7.18. The van der Waals surface area contributed by atoms with Crippen LogP contribution in [0.1, 0.15) is 75.8 Å². The molecule has 1 aliphatic carbocycles. The summed E-state index contributed by atoms with van der Waals surface area (Å²) in [6.07, 6.45) is 9.64. The molecule has 1 saturated carbocycles. The van der Waals surface area contributed by atoms with Gasteiger partial charge in [0.2, 0.25) is 5.91 Å². The first-order valence-corrected chi connectivity index (χ1v) is 13.0. The number of amides is 1. The van der Waals surface area contributed by atoms with Crippen molar-refractivity contribution in [2.75, 3.05) is 13.1 Å². The molecule has 0 aromatic heterocycles. The lowest BCUT2D eigenvalue weighted by Gasteiger charge is -2.26. The zero-order valence-corrected chi connectivity index (χ0v) is 20.6. The molecule has 6 atom stereocenters. The number of nitrogens with zero attached hydrogens (tertiary/aromatic N) is 1. The Kier molecular flexibility index (Phi) is 8.34. The Morgan fingerprint density at radius 3 is 2.85 bits per heavy atom. The van der Waals surface area contributed by atoms with Gasteiger partial charge in [-0.25, -0.2) is 0 Å². The predicted molar refractivity (Wildman–Crippen MR) is 133 cm³/mol. The average molecular weight is 466 g/mol. The normalized spacial score (nSPS) is 27.5. The number of rotatable bonds is 8. The summed E-state index contributed by atoms with van der Waals surface area (Å²) in [6, 6.07) is 6.28. The molecule has 4 rings (SSSR count). The number of aryl methyl sites for hydroxylation is 1. The highest BCUT2D eigenvalue weighted by molar-refractivity contribution is 5.76. The predicted octanol–water partition coefficient (Wildman–Crippen LogP) is 4.21. The number of carbonyl (C=O) groups is 1. The lowest BCUT2D eigenvalue weighted by molar-refractivity contribution is -0.132. The SMILES string of the molecule is CC#CC[C@H](C)[C@H](O)/C=C/[C@@H]1[C@H]2c3cccc(CCCC(=O)N4CCCCC4)c3O[C@H]2C[C@H]1O. The Hall–Kier alpha value is -2.29. The van der Waals surface area contributed by atoms with Gasteiger partial charge in [-0.3, -0.25) is 4.79 Å². The summed E-state index contributed by atoms with van der Waals surface area (Å²) < 4.78 is 6.37. The van der Waals surface area contributed by atoms with Gasteiger partial charge in [0.1, 0.15) is 11.9 Å². The molecule has 1 saturated heterocycles. The summed E-state index contributed by atoms with van der Waals surface area (Å²) in [6.45, 7) is 5.61. The van der Waals surface area contributed by atoms with Crippen LogP contribution in [0.5, 0.6) is 5.75 Å². The monoisotopic (exact) mass is 465 g/mol. The molecule has 0 bridgehead atoms. The van der Waals surface area contributed by atoms with Crippen LogP contribution in [-0.2, 0) is 11.2 Å². The lowest BCUT2D eigenvalue weighted by Crippen LogP contribution is -2.35. The Morgan fingerprint density at radius 1 is 1.29 bits per heavy atom. The van der Waals surface area contributed by atoms with Crippen molar-refractivity contribution in [3.63, 3.8) is 0 Å². The van der Waals surface area contributed by atoms with E-state index in [1.807, 2.05) is 30.9 Å². The molecule has 0 unspecified atom stereocenters. The van der Waals surface area contributed by atoms with Crippen LogP contribution in [0.3, 0.4) is 0 Å². The van der Waals surface area contributed by atoms with Crippen LogP contribution in [-0.4, -0.2) is 52.4 Å². The third kappa shape index (κ3) is 5.50. The first-order chi connectivity index (χ1) is 16.5. The van der Waals surface area contributed by atoms with Crippen LogP contribution in [0.4, 0.5) is 0 Å². The van der Waals surface area contributed by atoms with Crippen molar-refractivity contribution in [1.82, 2.24) is 4.90 Å². The van der Waals surface area contributed by atoms with Crippen molar-refractivity contribution in [3.05, 3.63) is 41.5 Å². The van der Waals surface area contributed by atoms with Crippen molar-refractivity contribution >= 4 is 5.91 Å². The van der Waals surface area contributed by atoms with Crippen molar-refractivity contribution in [3.8, 4) is 17.6 Å². The molecule has 2 aliphatic heterocycles. The minimum atomic E-state index is -0.585. The average Bonchev–Trinajstić information content (AvgIpc) is 3.36. The van der Waals surface area contributed by atoms with Gasteiger partial charge in [0, 0.05) is 49.8 Å². The quantitative estimate of drug-likeness (QED) is 0.446. The van der Waals surface area contributed by atoms with Crippen LogP contribution < -0.4 is 4.74 Å². The molecule has 2 heterocycles. The zero-order chi connectivity index (χ0) is 24.1. The molecule has 2 N–H and O–H groups in total. The molecule has 2 fully saturated rings. The highest BCUT2D eigenvalue weighted by Crippen LogP contribution is 2.52. The number of aliphatic hydroxyl groups excluding tert-OH is 2. The highest BCUT2D eigenvalue weighted by atomic mass is 16.5. The number of piperidine rings is 1. The third-order valence-corrected chi connectivity index (χ3v) is 7.75. The first kappa shape index (κ1) is 24.8. The van der Waals surface area contributed by atoms with Gasteiger partial charge < -0.3 is 19.8 Å². The highest BCUT2D eigenvalue weighted by Gasteiger charge is 2.48. The fourth-order valence-corrected chi connectivity index (χ4v) is 5.71. The van der Waals surface area contributed by atoms with Gasteiger partial charge in [0.15, 0.2) is 0 Å². The van der Waals surface area contributed by atoms with Crippen molar-refractivity contribution in [1.29, 1.82) is 0 Å². The maximum atomic E-state index is 12.5. The minimum Gasteiger partial charge on any atom is -0.489 e. The summed E-state index contributed by atoms with van der Waals surface area (Å²) in [7, 11) is 0. The Morgan fingerprint density at radius 2 is 2.09 bits per heavy atom. The van der Waals surface area contributed by atoms with Crippen LogP contribution in [0.2, 0.25) is 0 Å². The van der Waals surface area contributed by atoms with E-state index in [1.54, 1.807) is 0 Å². The topological polar surface area (TPSA) is 70.0 Å². The molecule has 0 radical (unpaired) electrons. The number of ether oxygens (including phenoxy) is 1. The van der Waals surface area contributed by atoms with Crippen LogP contribution in [0.15, 0.2) is 30.4 Å². The molecule has 1 aromatic carbocycles. The smallest absolute Gasteiger partial charge is 0.222 e. The first-order valence-electron chi connectivity index (χ1n) is 13.0. The van der Waals surface area contributed by atoms with Crippen LogP contribution >= 0.6 is 0 Å². The maximum absolute atomic E-state index is 12.5. The molecule has 0 spiro atoms. The maximum Gasteiger partial charge on any atom is 0.222 e. The zero-order valence-electron chi connectivity index (χ0n) is 20.6. The number of fused-ring (bicyclic) bond motifs is 3. The fourth-order valence-electron chi connectivity index (χ4n) is 5.71. The third-order valence-electron chi connectivity index (χ3n) is 7.75. The molecular weight excluding hydrogens is 426 g/mol. The van der Waals surface area contributed by atoms with E-state index in [2.05, 4.69) is 30.0 Å². The number of hydrogen-bond donors (Lipinski definition) is 2. The van der Waals surface area contributed by atoms with Crippen molar-refractivity contribution in [2.24, 2.45) is 11.8 Å². The van der Waals surface area contributed by atoms with E-state index in [0.29, 0.717) is 19.3 Å². The second kappa shape index (κ2) is 11.4. The molecule has 5 heteroatoms. The van der Waals surface area contributed by atoms with Crippen LogP contribution in [0, 0.1) is 23.7 Å². The summed E-state index contributed by atoms with van der Waals surface area (Å²) >= 11 is 0. The van der Waals surface area contributed by atoms with E-state index in [0.717, 1.165) is 55.6 Å². The lowest BCUT2D eigenvalue weighted by atomic mass is 9.86. The second-order valence-corrected chi connectivity index (χ2v) is 10.2. The van der Waals surface area contributed by atoms with Gasteiger partial charge in [-0.15, -0.1) is 11.8 Å². The number of aliphatic hydroxyl groups is 2. The molecular formula is C29H39NO4. The van der Waals surface area contributed by atoms with Gasteiger partial charge in [0.25, 0.3) is 0 Å². The van der Waals surface area contributed by atoms with Gasteiger partial charge in [0.05, 0.1) is 12.2 Å². The van der Waals surface area contributed by atoms with E-state index >= 15 is 0 Å². The van der Waals surface area contributed by atoms with E-state index in [-0.39, 0.29) is 29.8 Å². The molecule has 184 valence electrons. The Bertz CT molecular complexity index is 939.